The van der Waals surface area contributed by atoms with E-state index in [0.29, 0.717) is 41.5 Å². The van der Waals surface area contributed by atoms with Crippen molar-refractivity contribution in [2.45, 2.75) is 0 Å². The van der Waals surface area contributed by atoms with Crippen LogP contribution in [-0.2, 0) is 0 Å². The van der Waals surface area contributed by atoms with Gasteiger partial charge in [-0.25, -0.2) is 0 Å². The number of carbonyl (C=O) groups excluding carboxylic acids is 1. The summed E-state index contributed by atoms with van der Waals surface area (Å²) >= 11 is 0. The quantitative estimate of drug-likeness (QED) is 0.808. The van der Waals surface area contributed by atoms with E-state index in [1.54, 1.807) is 18.2 Å². The van der Waals surface area contributed by atoms with Crippen molar-refractivity contribution in [1.29, 1.82) is 0 Å². The maximum atomic E-state index is 10.9. The Morgan fingerprint density at radius 1 is 1.22 bits per heavy atom. The summed E-state index contributed by atoms with van der Waals surface area (Å²) in [6, 6.07) is 4.98. The van der Waals surface area contributed by atoms with Crippen molar-refractivity contribution >= 4 is 12.2 Å². The zero-order valence-electron chi connectivity index (χ0n) is 9.38. The summed E-state index contributed by atoms with van der Waals surface area (Å²) < 4.78 is 15.9. The molecule has 0 spiro atoms. The minimum Gasteiger partial charge on any atom is -0.485 e. The maximum Gasteiger partial charge on any atom is 0.222 e. The van der Waals surface area contributed by atoms with Crippen LogP contribution in [-0.4, -0.2) is 24.7 Å². The predicted molar refractivity (Wildman–Crippen MR) is 62.7 cm³/mol. The normalized spacial score (nSPS) is 13.3. The van der Waals surface area contributed by atoms with Gasteiger partial charge in [0, 0.05) is 11.6 Å². The van der Waals surface area contributed by atoms with E-state index in [-0.39, 0.29) is 5.88 Å². The molecule has 0 fully saturated rings. The number of nitrogen functional groups attached to an aromatic ring is 1. The Hall–Kier alpha value is -2.50. The lowest BCUT2D eigenvalue weighted by atomic mass is 10.1. The molecule has 0 radical (unpaired) electrons. The van der Waals surface area contributed by atoms with Crippen LogP contribution in [0.5, 0.6) is 11.5 Å². The number of fused-ring (bicyclic) bond motifs is 1. The van der Waals surface area contributed by atoms with E-state index < -0.39 is 0 Å². The first kappa shape index (κ1) is 10.6. The molecular weight excluding hydrogens is 236 g/mol. The Balaban J connectivity index is 2.19. The van der Waals surface area contributed by atoms with Gasteiger partial charge in [-0.1, -0.05) is 5.16 Å². The van der Waals surface area contributed by atoms with Gasteiger partial charge in [0.15, 0.2) is 17.8 Å². The van der Waals surface area contributed by atoms with Crippen LogP contribution in [0.3, 0.4) is 0 Å². The number of carbonyl (C=O) groups is 1. The summed E-state index contributed by atoms with van der Waals surface area (Å²) in [5, 5.41) is 3.83. The highest BCUT2D eigenvalue weighted by Gasteiger charge is 2.22. The number of nitrogens with zero attached hydrogens (tertiary/aromatic N) is 1. The maximum absolute atomic E-state index is 10.9. The van der Waals surface area contributed by atoms with Crippen molar-refractivity contribution in [1.82, 2.24) is 5.16 Å². The lowest BCUT2D eigenvalue weighted by molar-refractivity contribution is 0.111. The molecule has 1 aromatic heterocycles. The third kappa shape index (κ3) is 1.58. The van der Waals surface area contributed by atoms with Crippen LogP contribution in [0.15, 0.2) is 22.7 Å². The molecule has 0 amide bonds. The number of rotatable bonds is 2. The molecule has 0 saturated heterocycles. The molecule has 6 heteroatoms. The molecule has 3 rings (SSSR count). The monoisotopic (exact) mass is 246 g/mol. The molecule has 0 saturated carbocycles. The van der Waals surface area contributed by atoms with Crippen molar-refractivity contribution in [3.63, 3.8) is 0 Å². The number of aldehydes is 1. The van der Waals surface area contributed by atoms with Crippen molar-refractivity contribution in [3.05, 3.63) is 23.8 Å². The van der Waals surface area contributed by atoms with Gasteiger partial charge in [-0.3, -0.25) is 4.79 Å². The standard InChI is InChI=1S/C12H10N2O4/c13-10-5-9(14-18-10)8-2-1-7(6-15)11-12(8)17-4-3-16-11/h1-2,5-6H,3-4,13H2. The number of nitrogens with two attached hydrogens (primary N) is 1. The summed E-state index contributed by atoms with van der Waals surface area (Å²) in [7, 11) is 0. The first-order valence-electron chi connectivity index (χ1n) is 5.40. The molecule has 1 aliphatic rings. The summed E-state index contributed by atoms with van der Waals surface area (Å²) in [6.07, 6.45) is 0.731. The second-order valence-electron chi connectivity index (χ2n) is 3.79. The summed E-state index contributed by atoms with van der Waals surface area (Å²) in [5.41, 5.74) is 7.18. The summed E-state index contributed by atoms with van der Waals surface area (Å²) in [6.45, 7) is 0.841. The summed E-state index contributed by atoms with van der Waals surface area (Å²) in [5.74, 6) is 1.16. The van der Waals surface area contributed by atoms with Gasteiger partial charge in [0.1, 0.15) is 18.9 Å². The average molecular weight is 246 g/mol. The van der Waals surface area contributed by atoms with Gasteiger partial charge in [0.05, 0.1) is 5.56 Å². The van der Waals surface area contributed by atoms with Gasteiger partial charge >= 0.3 is 0 Å². The molecule has 0 unspecified atom stereocenters. The topological polar surface area (TPSA) is 87.6 Å². The second-order valence-corrected chi connectivity index (χ2v) is 3.79. The Labute approximate surface area is 102 Å². The van der Waals surface area contributed by atoms with Crippen LogP contribution in [0, 0.1) is 0 Å². The lowest BCUT2D eigenvalue weighted by Gasteiger charge is -2.21. The minimum absolute atomic E-state index is 0.218. The van der Waals surface area contributed by atoms with E-state index in [0.717, 1.165) is 6.29 Å². The van der Waals surface area contributed by atoms with Crippen LogP contribution in [0.4, 0.5) is 5.88 Å². The Kier molecular flexibility index (Phi) is 2.40. The van der Waals surface area contributed by atoms with E-state index in [4.69, 9.17) is 19.7 Å². The molecular formula is C12H10N2O4. The van der Waals surface area contributed by atoms with Gasteiger partial charge in [-0.15, -0.1) is 0 Å². The highest BCUT2D eigenvalue weighted by Crippen LogP contribution is 2.41. The fourth-order valence-corrected chi connectivity index (χ4v) is 1.87. The average Bonchev–Trinajstić information content (AvgIpc) is 2.84. The molecule has 0 atom stereocenters. The van der Waals surface area contributed by atoms with Crippen molar-refractivity contribution in [2.24, 2.45) is 0 Å². The van der Waals surface area contributed by atoms with Gasteiger partial charge < -0.3 is 19.7 Å². The highest BCUT2D eigenvalue weighted by atomic mass is 16.6. The van der Waals surface area contributed by atoms with Crippen LogP contribution >= 0.6 is 0 Å². The Bertz CT molecular complexity index is 606. The predicted octanol–water partition coefficient (Wildman–Crippen LogP) is 1.51. The summed E-state index contributed by atoms with van der Waals surface area (Å²) in [4.78, 5) is 10.9. The SMILES string of the molecule is Nc1cc(-c2ccc(C=O)c3c2OCCO3)no1. The number of anilines is 1. The van der Waals surface area contributed by atoms with Crippen LogP contribution in [0.1, 0.15) is 10.4 Å². The molecule has 2 heterocycles. The number of aromatic nitrogens is 1. The zero-order chi connectivity index (χ0) is 12.5. The fourth-order valence-electron chi connectivity index (χ4n) is 1.87. The number of benzene rings is 1. The van der Waals surface area contributed by atoms with Crippen molar-refractivity contribution in [3.8, 4) is 22.8 Å². The van der Waals surface area contributed by atoms with Crippen molar-refractivity contribution < 1.29 is 18.8 Å². The molecule has 0 bridgehead atoms. The molecule has 1 aliphatic heterocycles. The van der Waals surface area contributed by atoms with Gasteiger partial charge in [-0.2, -0.15) is 0 Å². The Morgan fingerprint density at radius 3 is 2.67 bits per heavy atom. The molecule has 0 aliphatic carbocycles. The molecule has 2 N–H and O–H groups in total. The molecule has 1 aromatic carbocycles. The van der Waals surface area contributed by atoms with E-state index >= 15 is 0 Å². The van der Waals surface area contributed by atoms with Crippen LogP contribution < -0.4 is 15.2 Å². The number of hydrogen-bond donors (Lipinski definition) is 1. The number of hydrogen-bond acceptors (Lipinski definition) is 6. The largest absolute Gasteiger partial charge is 0.485 e. The molecule has 92 valence electrons. The fraction of sp³-hybridized carbons (Fsp3) is 0.167. The first-order chi connectivity index (χ1) is 8.79. The number of ether oxygens (including phenoxy) is 2. The van der Waals surface area contributed by atoms with Crippen LogP contribution in [0.25, 0.3) is 11.3 Å². The van der Waals surface area contributed by atoms with Crippen LogP contribution in [0.2, 0.25) is 0 Å². The van der Waals surface area contributed by atoms with E-state index in [2.05, 4.69) is 5.16 Å². The van der Waals surface area contributed by atoms with E-state index in [1.165, 1.54) is 0 Å². The highest BCUT2D eigenvalue weighted by molar-refractivity contribution is 5.86. The Morgan fingerprint density at radius 2 is 2.00 bits per heavy atom. The third-order valence-electron chi connectivity index (χ3n) is 2.65. The smallest absolute Gasteiger partial charge is 0.222 e. The third-order valence-corrected chi connectivity index (χ3v) is 2.65. The molecule has 18 heavy (non-hydrogen) atoms. The first-order valence-corrected chi connectivity index (χ1v) is 5.40. The van der Waals surface area contributed by atoms with E-state index in [9.17, 15) is 4.79 Å². The lowest BCUT2D eigenvalue weighted by Crippen LogP contribution is -2.17. The van der Waals surface area contributed by atoms with E-state index in [1.807, 2.05) is 0 Å². The zero-order valence-corrected chi connectivity index (χ0v) is 9.38. The van der Waals surface area contributed by atoms with Gasteiger partial charge in [0.2, 0.25) is 5.88 Å². The molecule has 2 aromatic rings. The van der Waals surface area contributed by atoms with Crippen molar-refractivity contribution in [2.75, 3.05) is 18.9 Å². The minimum atomic E-state index is 0.218. The molecule has 6 nitrogen and oxygen atoms in total. The van der Waals surface area contributed by atoms with Gasteiger partial charge in [0.25, 0.3) is 0 Å². The second kappa shape index (κ2) is 4.06. The van der Waals surface area contributed by atoms with Gasteiger partial charge in [-0.05, 0) is 12.1 Å².